The van der Waals surface area contributed by atoms with Crippen LogP contribution in [0.5, 0.6) is 0 Å². The van der Waals surface area contributed by atoms with Crippen LogP contribution in [0.2, 0.25) is 6.04 Å². The number of allylic oxidation sites excluding steroid dienone is 1. The second-order valence-electron chi connectivity index (χ2n) is 5.30. The number of rotatable bonds is 11. The molecule has 0 aliphatic rings. The number of carboxylic acid groups (broad SMARTS) is 1. The Morgan fingerprint density at radius 3 is 2.00 bits per heavy atom. The van der Waals surface area contributed by atoms with Crippen molar-refractivity contribution in [3.8, 4) is 0 Å². The van der Waals surface area contributed by atoms with Crippen LogP contribution < -0.4 is 0 Å². The predicted molar refractivity (Wildman–Crippen MR) is 98.3 cm³/mol. The number of carbonyl (C=O) groups is 2. The second kappa shape index (κ2) is 14.8. The minimum atomic E-state index is -2.49. The predicted octanol–water partition coefficient (Wildman–Crippen LogP) is 3.19. The van der Waals surface area contributed by atoms with Gasteiger partial charge in [-0.05, 0) is 33.1 Å². The Kier molecular flexibility index (Phi) is 15.3. The molecule has 25 heavy (non-hydrogen) atoms. The van der Waals surface area contributed by atoms with Gasteiger partial charge < -0.3 is 23.1 Å². The first-order chi connectivity index (χ1) is 11.7. The molecule has 1 N–H and O–H groups in total. The topological polar surface area (TPSA) is 91.3 Å². The van der Waals surface area contributed by atoms with Crippen molar-refractivity contribution in [3.05, 3.63) is 23.8 Å². The normalized spacial score (nSPS) is 11.4. The average Bonchev–Trinajstić information content (AvgIpc) is 2.60. The summed E-state index contributed by atoms with van der Waals surface area (Å²) in [5, 5.41) is 8.65. The van der Waals surface area contributed by atoms with Gasteiger partial charge in [-0.1, -0.05) is 19.6 Å². The molecule has 0 saturated carbocycles. The molecule has 0 aromatic rings. The molecule has 0 aliphatic carbocycles. The lowest BCUT2D eigenvalue weighted by Gasteiger charge is -2.23. The van der Waals surface area contributed by atoms with Gasteiger partial charge in [0.15, 0.2) is 0 Å². The molecular formula is C17H32O7Si. The lowest BCUT2D eigenvalue weighted by molar-refractivity contribution is -0.139. The molecule has 0 atom stereocenters. The van der Waals surface area contributed by atoms with E-state index in [1.807, 2.05) is 6.92 Å². The van der Waals surface area contributed by atoms with Gasteiger partial charge in [-0.2, -0.15) is 0 Å². The first kappa shape index (κ1) is 25.8. The van der Waals surface area contributed by atoms with Crippen molar-refractivity contribution in [1.29, 1.82) is 0 Å². The lowest BCUT2D eigenvalue weighted by Crippen LogP contribution is -2.42. The maximum atomic E-state index is 10.6. The number of hydrogen-bond acceptors (Lipinski definition) is 6. The smallest absolute Gasteiger partial charge is 0.478 e. The summed E-state index contributed by atoms with van der Waals surface area (Å²) in [6.45, 7) is 9.09. The zero-order chi connectivity index (χ0) is 19.9. The van der Waals surface area contributed by atoms with Gasteiger partial charge in [0.05, 0.1) is 6.61 Å². The number of esters is 1. The van der Waals surface area contributed by atoms with E-state index in [1.54, 1.807) is 41.3 Å². The highest BCUT2D eigenvalue weighted by molar-refractivity contribution is 6.60. The zero-order valence-corrected chi connectivity index (χ0v) is 17.2. The van der Waals surface area contributed by atoms with Gasteiger partial charge in [0, 0.05) is 38.5 Å². The molecule has 146 valence electrons. The second-order valence-corrected chi connectivity index (χ2v) is 8.39. The van der Waals surface area contributed by atoms with E-state index in [0.717, 1.165) is 12.8 Å². The van der Waals surface area contributed by atoms with E-state index in [-0.39, 0.29) is 5.97 Å². The zero-order valence-electron chi connectivity index (χ0n) is 16.2. The van der Waals surface area contributed by atoms with E-state index < -0.39 is 14.8 Å². The molecule has 8 heteroatoms. The standard InChI is InChI=1S/C10H20O5Si.C7H12O2/c1-9(10(11)12)7-5-6-8-16(13-2,14-3)15-4;1-4-5-9-7(8)6(2)3/h7H,5-6,8H2,1-4H3,(H,11,12);2,4-5H2,1,3H3. The molecule has 0 saturated heterocycles. The van der Waals surface area contributed by atoms with Gasteiger partial charge in [-0.25, -0.2) is 9.59 Å². The molecule has 0 amide bonds. The average molecular weight is 377 g/mol. The van der Waals surface area contributed by atoms with Crippen molar-refractivity contribution >= 4 is 20.7 Å². The number of ether oxygens (including phenoxy) is 1. The first-order valence-corrected chi connectivity index (χ1v) is 10.0. The van der Waals surface area contributed by atoms with Crippen LogP contribution in [0.25, 0.3) is 0 Å². The highest BCUT2D eigenvalue weighted by atomic mass is 28.4. The van der Waals surface area contributed by atoms with Crippen LogP contribution in [0.4, 0.5) is 0 Å². The van der Waals surface area contributed by atoms with E-state index >= 15 is 0 Å². The molecule has 7 nitrogen and oxygen atoms in total. The number of carbonyl (C=O) groups excluding carboxylic acids is 1. The highest BCUT2D eigenvalue weighted by Crippen LogP contribution is 2.16. The molecular weight excluding hydrogens is 344 g/mol. The maximum Gasteiger partial charge on any atom is 0.500 e. The SMILES string of the molecule is C=C(C)C(=O)OCCC.CO[Si](CCCC=C(C)C(=O)O)(OC)OC. The summed E-state index contributed by atoms with van der Waals surface area (Å²) < 4.78 is 20.5. The van der Waals surface area contributed by atoms with Crippen molar-refractivity contribution in [2.75, 3.05) is 27.9 Å². The molecule has 0 rings (SSSR count). The minimum Gasteiger partial charge on any atom is -0.478 e. The third-order valence-electron chi connectivity index (χ3n) is 3.19. The third-order valence-corrected chi connectivity index (χ3v) is 6.03. The minimum absolute atomic E-state index is 0.295. The number of unbranched alkanes of at least 4 members (excludes halogenated alkanes) is 1. The molecule has 0 unspecified atom stereocenters. The van der Waals surface area contributed by atoms with Crippen LogP contribution in [0.15, 0.2) is 23.8 Å². The summed E-state index contributed by atoms with van der Waals surface area (Å²) in [5.74, 6) is -1.18. The number of hydrogen-bond donors (Lipinski definition) is 1. The Labute approximate surface area is 152 Å². The fourth-order valence-corrected chi connectivity index (χ4v) is 3.35. The molecule has 0 heterocycles. The number of carboxylic acids is 1. The monoisotopic (exact) mass is 376 g/mol. The van der Waals surface area contributed by atoms with E-state index in [9.17, 15) is 9.59 Å². The van der Waals surface area contributed by atoms with E-state index in [0.29, 0.717) is 30.2 Å². The summed E-state index contributed by atoms with van der Waals surface area (Å²) >= 11 is 0. The van der Waals surface area contributed by atoms with Gasteiger partial charge >= 0.3 is 20.7 Å². The van der Waals surface area contributed by atoms with Gasteiger partial charge in [0.1, 0.15) is 0 Å². The van der Waals surface area contributed by atoms with Crippen molar-refractivity contribution in [2.45, 2.75) is 46.1 Å². The molecule has 0 spiro atoms. The summed E-state index contributed by atoms with van der Waals surface area (Å²) in [6.07, 6.45) is 4.02. The van der Waals surface area contributed by atoms with Crippen LogP contribution in [-0.4, -0.2) is 53.8 Å². The summed E-state index contributed by atoms with van der Waals surface area (Å²) in [4.78, 5) is 21.1. The van der Waals surface area contributed by atoms with E-state index in [1.165, 1.54) is 0 Å². The molecule has 0 aliphatic heterocycles. The van der Waals surface area contributed by atoms with Crippen LogP contribution in [0, 0.1) is 0 Å². The first-order valence-electron chi connectivity index (χ1n) is 8.07. The quantitative estimate of drug-likeness (QED) is 0.256. The highest BCUT2D eigenvalue weighted by Gasteiger charge is 2.36. The Bertz CT molecular complexity index is 434. The van der Waals surface area contributed by atoms with Gasteiger partial charge in [0.2, 0.25) is 0 Å². The van der Waals surface area contributed by atoms with Crippen molar-refractivity contribution in [1.82, 2.24) is 0 Å². The van der Waals surface area contributed by atoms with Crippen LogP contribution in [0.1, 0.15) is 40.0 Å². The fraction of sp³-hybridized carbons (Fsp3) is 0.647. The van der Waals surface area contributed by atoms with Crippen molar-refractivity contribution < 1.29 is 32.7 Å². The van der Waals surface area contributed by atoms with Crippen LogP contribution in [-0.2, 0) is 27.6 Å². The van der Waals surface area contributed by atoms with Gasteiger partial charge in [-0.15, -0.1) is 0 Å². The summed E-state index contributed by atoms with van der Waals surface area (Å²) in [5.41, 5.74) is 0.822. The van der Waals surface area contributed by atoms with Crippen molar-refractivity contribution in [3.63, 3.8) is 0 Å². The third kappa shape index (κ3) is 12.5. The summed E-state index contributed by atoms with van der Waals surface area (Å²) in [7, 11) is 2.21. The molecule has 0 aromatic carbocycles. The fourth-order valence-electron chi connectivity index (χ4n) is 1.60. The Morgan fingerprint density at radius 2 is 1.64 bits per heavy atom. The molecule has 0 aromatic heterocycles. The van der Waals surface area contributed by atoms with E-state index in [2.05, 4.69) is 6.58 Å². The Balaban J connectivity index is 0. The summed E-state index contributed by atoms with van der Waals surface area (Å²) in [6, 6.07) is 0.680. The molecule has 0 radical (unpaired) electrons. The molecule has 0 fully saturated rings. The van der Waals surface area contributed by atoms with Gasteiger partial charge in [0.25, 0.3) is 0 Å². The molecule has 0 bridgehead atoms. The van der Waals surface area contributed by atoms with Gasteiger partial charge in [-0.3, -0.25) is 0 Å². The number of aliphatic carboxylic acids is 1. The van der Waals surface area contributed by atoms with Crippen LogP contribution >= 0.6 is 0 Å². The largest absolute Gasteiger partial charge is 0.500 e. The lowest BCUT2D eigenvalue weighted by atomic mass is 10.2. The maximum absolute atomic E-state index is 10.6. The van der Waals surface area contributed by atoms with Crippen LogP contribution in [0.3, 0.4) is 0 Å². The Hall–Kier alpha value is -1.48. The Morgan fingerprint density at radius 1 is 1.12 bits per heavy atom. The van der Waals surface area contributed by atoms with Crippen molar-refractivity contribution in [2.24, 2.45) is 0 Å². The van der Waals surface area contributed by atoms with E-state index in [4.69, 9.17) is 23.1 Å².